The zero-order valence-corrected chi connectivity index (χ0v) is 12.2. The first-order valence-electron chi connectivity index (χ1n) is 6.87. The molecule has 0 amide bonds. The van der Waals surface area contributed by atoms with Crippen LogP contribution in [-0.2, 0) is 11.2 Å². The second kappa shape index (κ2) is 5.36. The van der Waals surface area contributed by atoms with Crippen LogP contribution in [0.25, 0.3) is 10.2 Å². The molecule has 0 unspecified atom stereocenters. The third kappa shape index (κ3) is 2.75. The number of hydrogen-bond acceptors (Lipinski definition) is 5. The smallest absolute Gasteiger partial charge is 0.323 e. The van der Waals surface area contributed by atoms with Gasteiger partial charge in [-0.2, -0.15) is 0 Å². The number of rotatable bonds is 6. The van der Waals surface area contributed by atoms with Crippen LogP contribution < -0.4 is 4.90 Å². The maximum atomic E-state index is 11.1. The summed E-state index contributed by atoms with van der Waals surface area (Å²) in [5, 5.41) is 10.1. The molecule has 0 saturated heterocycles. The van der Waals surface area contributed by atoms with Crippen LogP contribution >= 0.6 is 11.3 Å². The van der Waals surface area contributed by atoms with Crippen LogP contribution in [0.2, 0.25) is 0 Å². The minimum atomic E-state index is -0.816. The summed E-state index contributed by atoms with van der Waals surface area (Å²) in [5.41, 5.74) is 0. The van der Waals surface area contributed by atoms with E-state index in [1.54, 1.807) is 11.3 Å². The van der Waals surface area contributed by atoms with E-state index in [9.17, 15) is 4.79 Å². The molecule has 20 heavy (non-hydrogen) atoms. The van der Waals surface area contributed by atoms with Gasteiger partial charge in [-0.15, -0.1) is 11.3 Å². The van der Waals surface area contributed by atoms with E-state index >= 15 is 0 Å². The molecule has 6 heteroatoms. The summed E-state index contributed by atoms with van der Waals surface area (Å²) in [4.78, 5) is 23.8. The highest BCUT2D eigenvalue weighted by atomic mass is 32.1. The Bertz CT molecular complexity index is 636. The molecule has 1 fully saturated rings. The first-order chi connectivity index (χ1) is 9.67. The Morgan fingerprint density at radius 1 is 1.50 bits per heavy atom. The number of hydrogen-bond donors (Lipinski definition) is 1. The number of thiophene rings is 1. The van der Waals surface area contributed by atoms with E-state index < -0.39 is 5.97 Å². The Morgan fingerprint density at radius 2 is 2.30 bits per heavy atom. The van der Waals surface area contributed by atoms with Crippen LogP contribution in [0.4, 0.5) is 5.82 Å². The largest absolute Gasteiger partial charge is 0.480 e. The van der Waals surface area contributed by atoms with Crippen molar-refractivity contribution in [3.05, 3.63) is 17.3 Å². The Balaban J connectivity index is 1.99. The minimum absolute atomic E-state index is 0.0000810. The lowest BCUT2D eigenvalue weighted by atomic mass is 10.2. The van der Waals surface area contributed by atoms with Crippen molar-refractivity contribution in [3.63, 3.8) is 0 Å². The SMILES string of the molecule is CCc1cc2c(N(CC(=O)O)CC3CC3)ncnc2s1. The Kier molecular flexibility index (Phi) is 3.56. The first kappa shape index (κ1) is 13.3. The van der Waals surface area contributed by atoms with Gasteiger partial charge in [-0.25, -0.2) is 9.97 Å². The molecular formula is C14H17N3O2S. The Morgan fingerprint density at radius 3 is 2.95 bits per heavy atom. The van der Waals surface area contributed by atoms with Crippen LogP contribution in [0.1, 0.15) is 24.6 Å². The molecule has 5 nitrogen and oxygen atoms in total. The van der Waals surface area contributed by atoms with Gasteiger partial charge < -0.3 is 10.0 Å². The number of carbonyl (C=O) groups is 1. The van der Waals surface area contributed by atoms with Gasteiger partial charge in [-0.05, 0) is 31.2 Å². The van der Waals surface area contributed by atoms with Gasteiger partial charge in [0.15, 0.2) is 0 Å². The number of fused-ring (bicyclic) bond motifs is 1. The molecule has 0 atom stereocenters. The molecule has 2 aromatic heterocycles. The highest BCUT2D eigenvalue weighted by Crippen LogP contribution is 2.34. The van der Waals surface area contributed by atoms with Crippen molar-refractivity contribution in [2.45, 2.75) is 26.2 Å². The standard InChI is InChI=1S/C14H17N3O2S/c1-2-10-5-11-13(15-8-16-14(11)20-10)17(7-12(18)19)6-9-3-4-9/h5,8-9H,2-4,6-7H2,1H3,(H,18,19). The molecule has 2 heterocycles. The van der Waals surface area contributed by atoms with Gasteiger partial charge in [0.05, 0.1) is 5.39 Å². The molecule has 0 aliphatic heterocycles. The predicted octanol–water partition coefficient (Wildman–Crippen LogP) is 2.55. The number of aliphatic carboxylic acids is 1. The Hall–Kier alpha value is -1.69. The lowest BCUT2D eigenvalue weighted by Gasteiger charge is -2.21. The zero-order valence-electron chi connectivity index (χ0n) is 11.4. The minimum Gasteiger partial charge on any atom is -0.480 e. The fourth-order valence-corrected chi connectivity index (χ4v) is 3.25. The van der Waals surface area contributed by atoms with Crippen molar-refractivity contribution in [3.8, 4) is 0 Å². The van der Waals surface area contributed by atoms with Crippen LogP contribution in [0.5, 0.6) is 0 Å². The fraction of sp³-hybridized carbons (Fsp3) is 0.500. The van der Waals surface area contributed by atoms with Crippen LogP contribution in [0.3, 0.4) is 0 Å². The van der Waals surface area contributed by atoms with Gasteiger partial charge in [-0.1, -0.05) is 6.92 Å². The number of nitrogens with zero attached hydrogens (tertiary/aromatic N) is 3. The van der Waals surface area contributed by atoms with Crippen molar-refractivity contribution in [2.75, 3.05) is 18.0 Å². The summed E-state index contributed by atoms with van der Waals surface area (Å²) in [6.07, 6.45) is 4.87. The topological polar surface area (TPSA) is 66.3 Å². The lowest BCUT2D eigenvalue weighted by molar-refractivity contribution is -0.135. The Labute approximate surface area is 121 Å². The highest BCUT2D eigenvalue weighted by molar-refractivity contribution is 7.18. The molecule has 106 valence electrons. The molecular weight excluding hydrogens is 274 g/mol. The van der Waals surface area contributed by atoms with Gasteiger partial charge in [0, 0.05) is 11.4 Å². The van der Waals surface area contributed by atoms with Crippen LogP contribution in [0, 0.1) is 5.92 Å². The third-order valence-electron chi connectivity index (χ3n) is 3.51. The number of aryl methyl sites for hydroxylation is 1. The maximum absolute atomic E-state index is 11.1. The van der Waals surface area contributed by atoms with Crippen molar-refractivity contribution in [1.82, 2.24) is 9.97 Å². The van der Waals surface area contributed by atoms with E-state index in [4.69, 9.17) is 5.11 Å². The van der Waals surface area contributed by atoms with Gasteiger partial charge in [0.1, 0.15) is 23.5 Å². The van der Waals surface area contributed by atoms with Gasteiger partial charge in [-0.3, -0.25) is 4.79 Å². The summed E-state index contributed by atoms with van der Waals surface area (Å²) >= 11 is 1.66. The van der Waals surface area contributed by atoms with E-state index in [1.165, 1.54) is 24.0 Å². The quantitative estimate of drug-likeness (QED) is 0.886. The highest BCUT2D eigenvalue weighted by Gasteiger charge is 2.27. The molecule has 1 saturated carbocycles. The molecule has 0 spiro atoms. The average Bonchev–Trinajstić information content (AvgIpc) is 3.12. The number of carboxylic acids is 1. The summed E-state index contributed by atoms with van der Waals surface area (Å²) in [6, 6.07) is 2.09. The second-order valence-electron chi connectivity index (χ2n) is 5.20. The van der Waals surface area contributed by atoms with E-state index in [2.05, 4.69) is 23.0 Å². The number of carboxylic acid groups (broad SMARTS) is 1. The van der Waals surface area contributed by atoms with Crippen molar-refractivity contribution < 1.29 is 9.90 Å². The number of aromatic nitrogens is 2. The normalized spacial score (nSPS) is 14.7. The predicted molar refractivity (Wildman–Crippen MR) is 79.4 cm³/mol. The van der Waals surface area contributed by atoms with Crippen molar-refractivity contribution >= 4 is 33.3 Å². The van der Waals surface area contributed by atoms with Crippen molar-refractivity contribution in [2.24, 2.45) is 5.92 Å². The van der Waals surface area contributed by atoms with E-state index in [0.29, 0.717) is 5.92 Å². The molecule has 1 aliphatic carbocycles. The molecule has 2 aromatic rings. The van der Waals surface area contributed by atoms with Gasteiger partial charge in [0.25, 0.3) is 0 Å². The van der Waals surface area contributed by atoms with Crippen molar-refractivity contribution in [1.29, 1.82) is 0 Å². The van der Waals surface area contributed by atoms with Gasteiger partial charge >= 0.3 is 5.97 Å². The average molecular weight is 291 g/mol. The molecule has 0 aromatic carbocycles. The lowest BCUT2D eigenvalue weighted by Crippen LogP contribution is -2.32. The molecule has 3 rings (SSSR count). The van der Waals surface area contributed by atoms with E-state index in [-0.39, 0.29) is 6.54 Å². The van der Waals surface area contributed by atoms with Crippen LogP contribution in [-0.4, -0.2) is 34.1 Å². The van der Waals surface area contributed by atoms with E-state index in [1.807, 2.05) is 4.90 Å². The van der Waals surface area contributed by atoms with Crippen LogP contribution in [0.15, 0.2) is 12.4 Å². The monoisotopic (exact) mass is 291 g/mol. The maximum Gasteiger partial charge on any atom is 0.323 e. The van der Waals surface area contributed by atoms with Gasteiger partial charge in [0.2, 0.25) is 0 Å². The third-order valence-corrected chi connectivity index (χ3v) is 4.70. The summed E-state index contributed by atoms with van der Waals surface area (Å²) in [5.74, 6) is 0.562. The van der Waals surface area contributed by atoms with E-state index in [0.717, 1.165) is 29.0 Å². The number of anilines is 1. The summed E-state index contributed by atoms with van der Waals surface area (Å²) in [7, 11) is 0. The summed E-state index contributed by atoms with van der Waals surface area (Å²) < 4.78 is 0. The second-order valence-corrected chi connectivity index (χ2v) is 6.32. The first-order valence-corrected chi connectivity index (χ1v) is 7.69. The molecule has 1 N–H and O–H groups in total. The zero-order chi connectivity index (χ0) is 14.1. The fourth-order valence-electron chi connectivity index (χ4n) is 2.32. The summed E-state index contributed by atoms with van der Waals surface area (Å²) in [6.45, 7) is 2.88. The molecule has 0 bridgehead atoms. The molecule has 0 radical (unpaired) electrons. The molecule has 1 aliphatic rings.